The predicted octanol–water partition coefficient (Wildman–Crippen LogP) is 1.02. The van der Waals surface area contributed by atoms with Crippen LogP contribution in [0.15, 0.2) is 12.1 Å². The zero-order valence-corrected chi connectivity index (χ0v) is 10.2. The summed E-state index contributed by atoms with van der Waals surface area (Å²) in [6.45, 7) is 0. The minimum absolute atomic E-state index is 0.00755. The number of methoxy groups -OCH3 is 2. The van der Waals surface area contributed by atoms with Gasteiger partial charge in [-0.1, -0.05) is 0 Å². The maximum absolute atomic E-state index is 11.2. The van der Waals surface area contributed by atoms with Crippen molar-refractivity contribution in [2.75, 3.05) is 14.2 Å². The first-order valence-corrected chi connectivity index (χ1v) is 5.06. The summed E-state index contributed by atoms with van der Waals surface area (Å²) < 4.78 is 9.18. The SMILES string of the molecule is COC(=O)Cc1cc([N+](=O)[O-])c(OC)cc1C(=O)O. The van der Waals surface area contributed by atoms with Crippen molar-refractivity contribution >= 4 is 17.6 Å². The molecule has 1 aromatic carbocycles. The zero-order chi connectivity index (χ0) is 14.6. The number of hydrogen-bond acceptors (Lipinski definition) is 6. The molecule has 0 fully saturated rings. The first kappa shape index (κ1) is 14.4. The number of rotatable bonds is 5. The van der Waals surface area contributed by atoms with Gasteiger partial charge in [-0.2, -0.15) is 0 Å². The van der Waals surface area contributed by atoms with Gasteiger partial charge in [0.15, 0.2) is 5.75 Å². The number of carbonyl (C=O) groups excluding carboxylic acids is 1. The highest BCUT2D eigenvalue weighted by Crippen LogP contribution is 2.30. The Kier molecular flexibility index (Phi) is 4.41. The molecule has 0 spiro atoms. The van der Waals surface area contributed by atoms with Crippen LogP contribution < -0.4 is 4.74 Å². The van der Waals surface area contributed by atoms with E-state index in [9.17, 15) is 19.7 Å². The number of esters is 1. The molecular formula is C11H11NO7. The van der Waals surface area contributed by atoms with Gasteiger partial charge in [0.1, 0.15) is 0 Å². The van der Waals surface area contributed by atoms with Crippen molar-refractivity contribution < 1.29 is 29.1 Å². The summed E-state index contributed by atoms with van der Waals surface area (Å²) in [5.41, 5.74) is -0.661. The van der Waals surface area contributed by atoms with Crippen LogP contribution in [0.25, 0.3) is 0 Å². The van der Waals surface area contributed by atoms with Crippen molar-refractivity contribution in [1.29, 1.82) is 0 Å². The van der Waals surface area contributed by atoms with Gasteiger partial charge < -0.3 is 14.6 Å². The molecule has 0 bridgehead atoms. The fourth-order valence-electron chi connectivity index (χ4n) is 1.49. The van der Waals surface area contributed by atoms with E-state index in [4.69, 9.17) is 9.84 Å². The van der Waals surface area contributed by atoms with Crippen LogP contribution in [-0.4, -0.2) is 36.2 Å². The zero-order valence-electron chi connectivity index (χ0n) is 10.2. The van der Waals surface area contributed by atoms with E-state index in [0.717, 1.165) is 19.2 Å². The molecule has 0 unspecified atom stereocenters. The third-order valence-corrected chi connectivity index (χ3v) is 2.39. The van der Waals surface area contributed by atoms with Crippen LogP contribution >= 0.6 is 0 Å². The van der Waals surface area contributed by atoms with Crippen LogP contribution in [0.2, 0.25) is 0 Å². The van der Waals surface area contributed by atoms with Gasteiger partial charge in [0, 0.05) is 12.1 Å². The van der Waals surface area contributed by atoms with Crippen molar-refractivity contribution in [3.8, 4) is 5.75 Å². The lowest BCUT2D eigenvalue weighted by Gasteiger charge is -2.08. The summed E-state index contributed by atoms with van der Waals surface area (Å²) in [4.78, 5) is 32.4. The fourth-order valence-corrected chi connectivity index (χ4v) is 1.49. The fraction of sp³-hybridized carbons (Fsp3) is 0.273. The lowest BCUT2D eigenvalue weighted by Crippen LogP contribution is -2.11. The molecule has 0 aliphatic rings. The molecule has 0 aliphatic heterocycles. The number of carboxylic acids is 1. The van der Waals surface area contributed by atoms with Crippen LogP contribution in [0.5, 0.6) is 5.75 Å². The predicted molar refractivity (Wildman–Crippen MR) is 62.3 cm³/mol. The summed E-state index contributed by atoms with van der Waals surface area (Å²) in [5.74, 6) is -2.19. The third kappa shape index (κ3) is 3.18. The summed E-state index contributed by atoms with van der Waals surface area (Å²) in [7, 11) is 2.33. The average Bonchev–Trinajstić information content (AvgIpc) is 2.37. The molecule has 102 valence electrons. The molecule has 0 atom stereocenters. The Hall–Kier alpha value is -2.64. The normalized spacial score (nSPS) is 9.79. The van der Waals surface area contributed by atoms with E-state index in [1.807, 2.05) is 0 Å². The van der Waals surface area contributed by atoms with Crippen LogP contribution in [0.1, 0.15) is 15.9 Å². The van der Waals surface area contributed by atoms with Gasteiger partial charge in [0.2, 0.25) is 0 Å². The molecule has 1 aromatic rings. The van der Waals surface area contributed by atoms with Crippen molar-refractivity contribution in [1.82, 2.24) is 0 Å². The molecule has 1 rings (SSSR count). The Morgan fingerprint density at radius 3 is 2.42 bits per heavy atom. The molecular weight excluding hydrogens is 258 g/mol. The number of aromatic carboxylic acids is 1. The van der Waals surface area contributed by atoms with E-state index < -0.39 is 22.5 Å². The largest absolute Gasteiger partial charge is 0.490 e. The molecule has 0 saturated carbocycles. The molecule has 0 saturated heterocycles. The molecule has 19 heavy (non-hydrogen) atoms. The number of carboxylic acid groups (broad SMARTS) is 1. The Morgan fingerprint density at radius 2 is 2.00 bits per heavy atom. The maximum Gasteiger partial charge on any atom is 0.336 e. The Labute approximate surface area is 107 Å². The van der Waals surface area contributed by atoms with E-state index in [1.165, 1.54) is 7.11 Å². The van der Waals surface area contributed by atoms with Gasteiger partial charge in [0.05, 0.1) is 31.1 Å². The number of ether oxygens (including phenoxy) is 2. The van der Waals surface area contributed by atoms with Crippen molar-refractivity contribution in [2.45, 2.75) is 6.42 Å². The summed E-state index contributed by atoms with van der Waals surface area (Å²) >= 11 is 0. The topological polar surface area (TPSA) is 116 Å². The monoisotopic (exact) mass is 269 g/mol. The third-order valence-electron chi connectivity index (χ3n) is 2.39. The number of nitrogens with zero attached hydrogens (tertiary/aromatic N) is 1. The molecule has 0 radical (unpaired) electrons. The van der Waals surface area contributed by atoms with Crippen LogP contribution in [-0.2, 0) is 16.0 Å². The number of nitro benzene ring substituents is 1. The number of nitro groups is 1. The second-order valence-corrected chi connectivity index (χ2v) is 3.50. The van der Waals surface area contributed by atoms with E-state index in [1.54, 1.807) is 0 Å². The molecule has 0 heterocycles. The Morgan fingerprint density at radius 1 is 1.37 bits per heavy atom. The molecule has 8 nitrogen and oxygen atoms in total. The lowest BCUT2D eigenvalue weighted by atomic mass is 10.0. The van der Waals surface area contributed by atoms with Crippen molar-refractivity contribution in [3.05, 3.63) is 33.4 Å². The smallest absolute Gasteiger partial charge is 0.336 e. The highest BCUT2D eigenvalue weighted by atomic mass is 16.6. The van der Waals surface area contributed by atoms with E-state index in [0.29, 0.717) is 0 Å². The quantitative estimate of drug-likeness (QED) is 0.481. The van der Waals surface area contributed by atoms with Gasteiger partial charge in [-0.3, -0.25) is 14.9 Å². The highest BCUT2D eigenvalue weighted by molar-refractivity contribution is 5.92. The first-order valence-electron chi connectivity index (χ1n) is 5.06. The molecule has 8 heteroatoms. The Balaban J connectivity index is 3.41. The van der Waals surface area contributed by atoms with Crippen LogP contribution in [0.4, 0.5) is 5.69 Å². The summed E-state index contributed by atoms with van der Waals surface area (Å²) in [6, 6.07) is 2.01. The average molecular weight is 269 g/mol. The van der Waals surface area contributed by atoms with Crippen LogP contribution in [0, 0.1) is 10.1 Å². The second-order valence-electron chi connectivity index (χ2n) is 3.50. The van der Waals surface area contributed by atoms with E-state index >= 15 is 0 Å². The first-order chi connectivity index (χ1) is 8.90. The van der Waals surface area contributed by atoms with Crippen molar-refractivity contribution in [3.63, 3.8) is 0 Å². The second kappa shape index (κ2) is 5.80. The summed E-state index contributed by atoms with van der Waals surface area (Å²) in [5, 5.41) is 19.9. The van der Waals surface area contributed by atoms with Gasteiger partial charge in [-0.15, -0.1) is 0 Å². The standard InChI is InChI=1S/C11H11NO7/c1-18-9-5-7(11(14)15)6(4-10(13)19-2)3-8(9)12(16)17/h3,5H,4H2,1-2H3,(H,14,15). The summed E-state index contributed by atoms with van der Waals surface area (Å²) in [6.07, 6.45) is -0.372. The molecule has 0 aliphatic carbocycles. The highest BCUT2D eigenvalue weighted by Gasteiger charge is 2.23. The number of hydrogen-bond donors (Lipinski definition) is 1. The van der Waals surface area contributed by atoms with Gasteiger partial charge in [-0.25, -0.2) is 4.79 Å². The van der Waals surface area contributed by atoms with Gasteiger partial charge in [-0.05, 0) is 5.56 Å². The minimum atomic E-state index is -1.31. The molecule has 0 aromatic heterocycles. The number of benzene rings is 1. The van der Waals surface area contributed by atoms with Crippen molar-refractivity contribution in [2.24, 2.45) is 0 Å². The van der Waals surface area contributed by atoms with Crippen LogP contribution in [0.3, 0.4) is 0 Å². The minimum Gasteiger partial charge on any atom is -0.490 e. The van der Waals surface area contributed by atoms with Gasteiger partial charge in [0.25, 0.3) is 0 Å². The number of carbonyl (C=O) groups is 2. The molecule has 0 amide bonds. The molecule has 1 N–H and O–H groups in total. The maximum atomic E-state index is 11.2. The van der Waals surface area contributed by atoms with Gasteiger partial charge >= 0.3 is 17.6 Å². The lowest BCUT2D eigenvalue weighted by molar-refractivity contribution is -0.385. The Bertz CT molecular complexity index is 538. The van der Waals surface area contributed by atoms with E-state index in [-0.39, 0.29) is 23.3 Å². The van der Waals surface area contributed by atoms with E-state index in [2.05, 4.69) is 4.74 Å².